The Morgan fingerprint density at radius 3 is 2.59 bits per heavy atom. The largest absolute Gasteiger partial charge is 0.487 e. The van der Waals surface area contributed by atoms with Crippen LogP contribution in [0.4, 0.5) is 13.2 Å². The number of nitrogens with one attached hydrogen (secondary N) is 1. The molecule has 32 heavy (non-hydrogen) atoms. The Balaban J connectivity index is 1.25. The molecule has 2 aromatic rings. The van der Waals surface area contributed by atoms with Gasteiger partial charge in [0.2, 0.25) is 5.91 Å². The number of aromatic nitrogens is 1. The summed E-state index contributed by atoms with van der Waals surface area (Å²) in [4.78, 5) is 15.8. The van der Waals surface area contributed by atoms with Crippen LogP contribution in [0.15, 0.2) is 12.1 Å². The van der Waals surface area contributed by atoms with Gasteiger partial charge in [0.1, 0.15) is 0 Å². The van der Waals surface area contributed by atoms with Gasteiger partial charge >= 0.3 is 0 Å². The lowest BCUT2D eigenvalue weighted by Gasteiger charge is -2.30. The Kier molecular flexibility index (Phi) is 6.92. The monoisotopic (exact) mass is 472 g/mol. The van der Waals surface area contributed by atoms with Crippen LogP contribution < -0.4 is 10.1 Å². The SMILES string of the molecule is C[C@@H](CO[C@H]1CC[C@H](Oc2ccc3nc(C(C)(F)F)sc3c2F)CC1)NC(=O)C1COC1. The number of ether oxygens (including phenoxy) is 3. The molecule has 6 nitrogen and oxygen atoms in total. The molecule has 1 aliphatic carbocycles. The third-order valence-corrected chi connectivity index (χ3v) is 6.97. The summed E-state index contributed by atoms with van der Waals surface area (Å²) in [6.07, 6.45) is 2.81. The van der Waals surface area contributed by atoms with Crippen LogP contribution in [0.5, 0.6) is 5.75 Å². The predicted octanol–water partition coefficient (Wildman–Crippen LogP) is 4.40. The molecular formula is C22H27F3N2O4S. The van der Waals surface area contributed by atoms with Crippen molar-refractivity contribution in [3.63, 3.8) is 0 Å². The molecule has 4 rings (SSSR count). The topological polar surface area (TPSA) is 69.7 Å². The molecule has 2 heterocycles. The van der Waals surface area contributed by atoms with E-state index in [1.54, 1.807) is 0 Å². The molecule has 1 aliphatic heterocycles. The third-order valence-electron chi connectivity index (χ3n) is 5.73. The van der Waals surface area contributed by atoms with Gasteiger partial charge < -0.3 is 19.5 Å². The lowest BCUT2D eigenvalue weighted by atomic mass is 9.95. The van der Waals surface area contributed by atoms with E-state index in [9.17, 15) is 18.0 Å². The second-order valence-corrected chi connectivity index (χ2v) is 9.63. The van der Waals surface area contributed by atoms with Crippen molar-refractivity contribution in [3.05, 3.63) is 23.0 Å². The van der Waals surface area contributed by atoms with Gasteiger partial charge in [-0.2, -0.15) is 8.78 Å². The maximum atomic E-state index is 14.8. The van der Waals surface area contributed by atoms with Crippen LogP contribution in [0.25, 0.3) is 10.2 Å². The van der Waals surface area contributed by atoms with E-state index in [1.807, 2.05) is 6.92 Å². The standard InChI is InChI=1S/C22H27F3N2O4S/c1-12(26-20(28)13-10-29-11-13)9-30-14-3-5-15(6-4-14)31-17-8-7-16-19(18(17)23)32-21(27-16)22(2,24)25/h7-8,12-15H,3-6,9-11H2,1-2H3,(H,26,28)/t12-,14-,15-/m0/s1. The highest BCUT2D eigenvalue weighted by Crippen LogP contribution is 2.38. The molecule has 1 amide bonds. The van der Waals surface area contributed by atoms with Crippen LogP contribution in [0, 0.1) is 11.7 Å². The van der Waals surface area contributed by atoms with Gasteiger partial charge in [-0.3, -0.25) is 4.79 Å². The van der Waals surface area contributed by atoms with Crippen molar-refractivity contribution in [1.29, 1.82) is 0 Å². The van der Waals surface area contributed by atoms with Crippen LogP contribution in [0.1, 0.15) is 44.5 Å². The quantitative estimate of drug-likeness (QED) is 0.617. The zero-order chi connectivity index (χ0) is 22.9. The van der Waals surface area contributed by atoms with Crippen molar-refractivity contribution >= 4 is 27.5 Å². The lowest BCUT2D eigenvalue weighted by Crippen LogP contribution is -2.47. The fraction of sp³-hybridized carbons (Fsp3) is 0.636. The summed E-state index contributed by atoms with van der Waals surface area (Å²) >= 11 is 0.655. The molecule has 2 fully saturated rings. The molecule has 1 atom stereocenters. The molecule has 1 N–H and O–H groups in total. The van der Waals surface area contributed by atoms with Gasteiger partial charge in [-0.05, 0) is 44.7 Å². The number of benzene rings is 1. The number of thiazole rings is 1. The summed E-state index contributed by atoms with van der Waals surface area (Å²) < 4.78 is 58.8. The Bertz CT molecular complexity index is 953. The Hall–Kier alpha value is -1.91. The van der Waals surface area contributed by atoms with Crippen molar-refractivity contribution in [2.75, 3.05) is 19.8 Å². The smallest absolute Gasteiger partial charge is 0.296 e. The zero-order valence-electron chi connectivity index (χ0n) is 18.0. The fourth-order valence-corrected chi connectivity index (χ4v) is 4.71. The first-order valence-electron chi connectivity index (χ1n) is 10.8. The first kappa shape index (κ1) is 23.3. The molecule has 0 unspecified atom stereocenters. The summed E-state index contributed by atoms with van der Waals surface area (Å²) in [5.74, 6) is -3.75. The number of carbonyl (C=O) groups excluding carboxylic acids is 1. The Morgan fingerprint density at radius 2 is 1.97 bits per heavy atom. The Morgan fingerprint density at radius 1 is 1.28 bits per heavy atom. The van der Waals surface area contributed by atoms with Crippen molar-refractivity contribution in [1.82, 2.24) is 10.3 Å². The summed E-state index contributed by atoms with van der Waals surface area (Å²) in [7, 11) is 0. The Labute approximate surface area is 188 Å². The zero-order valence-corrected chi connectivity index (χ0v) is 18.9. The molecule has 2 aliphatic rings. The molecule has 0 radical (unpaired) electrons. The van der Waals surface area contributed by atoms with Crippen LogP contribution in [0.3, 0.4) is 0 Å². The van der Waals surface area contributed by atoms with Gasteiger partial charge in [-0.15, -0.1) is 11.3 Å². The minimum Gasteiger partial charge on any atom is -0.487 e. The maximum absolute atomic E-state index is 14.8. The molecule has 10 heteroatoms. The van der Waals surface area contributed by atoms with Gasteiger partial charge in [0.25, 0.3) is 5.92 Å². The first-order valence-corrected chi connectivity index (χ1v) is 11.7. The van der Waals surface area contributed by atoms with E-state index in [2.05, 4.69) is 10.3 Å². The number of rotatable bonds is 8. The van der Waals surface area contributed by atoms with Crippen LogP contribution in [-0.4, -0.2) is 49.0 Å². The number of carbonyl (C=O) groups is 1. The fourth-order valence-electron chi connectivity index (χ4n) is 3.79. The third kappa shape index (κ3) is 5.35. The van der Waals surface area contributed by atoms with Gasteiger partial charge in [0, 0.05) is 13.0 Å². The lowest BCUT2D eigenvalue weighted by molar-refractivity contribution is -0.140. The van der Waals surface area contributed by atoms with E-state index in [0.29, 0.717) is 44.0 Å². The molecule has 1 aromatic heterocycles. The summed E-state index contributed by atoms with van der Waals surface area (Å²) in [6.45, 7) is 4.04. The number of nitrogens with zero attached hydrogens (tertiary/aromatic N) is 1. The van der Waals surface area contributed by atoms with E-state index in [-0.39, 0.29) is 46.0 Å². The maximum Gasteiger partial charge on any atom is 0.296 e. The van der Waals surface area contributed by atoms with Gasteiger partial charge in [0.15, 0.2) is 16.6 Å². The minimum atomic E-state index is -3.11. The average molecular weight is 473 g/mol. The second-order valence-electron chi connectivity index (χ2n) is 8.63. The summed E-state index contributed by atoms with van der Waals surface area (Å²) in [5, 5.41) is 2.52. The normalized spacial score (nSPS) is 23.0. The highest BCUT2D eigenvalue weighted by atomic mass is 32.1. The number of hydrogen-bond donors (Lipinski definition) is 1. The van der Waals surface area contributed by atoms with Crippen LogP contribution >= 0.6 is 11.3 Å². The number of hydrogen-bond acceptors (Lipinski definition) is 6. The second kappa shape index (κ2) is 9.52. The predicted molar refractivity (Wildman–Crippen MR) is 114 cm³/mol. The van der Waals surface area contributed by atoms with Crippen molar-refractivity contribution in [2.24, 2.45) is 5.92 Å². The summed E-state index contributed by atoms with van der Waals surface area (Å²) in [6, 6.07) is 2.88. The highest BCUT2D eigenvalue weighted by Gasteiger charge is 2.31. The first-order chi connectivity index (χ1) is 15.2. The van der Waals surface area contributed by atoms with Gasteiger partial charge in [-0.25, -0.2) is 9.37 Å². The van der Waals surface area contributed by atoms with E-state index >= 15 is 0 Å². The van der Waals surface area contributed by atoms with E-state index in [1.165, 1.54) is 12.1 Å². The number of fused-ring (bicyclic) bond motifs is 1. The number of amides is 1. The highest BCUT2D eigenvalue weighted by molar-refractivity contribution is 7.18. The van der Waals surface area contributed by atoms with Crippen molar-refractivity contribution in [2.45, 2.75) is 63.7 Å². The molecule has 1 saturated carbocycles. The van der Waals surface area contributed by atoms with E-state index in [0.717, 1.165) is 19.8 Å². The minimum absolute atomic E-state index is 0.000768. The molecular weight excluding hydrogens is 445 g/mol. The molecule has 0 spiro atoms. The van der Waals surface area contributed by atoms with Crippen molar-refractivity contribution < 1.29 is 32.2 Å². The molecule has 0 bridgehead atoms. The van der Waals surface area contributed by atoms with Crippen molar-refractivity contribution in [3.8, 4) is 5.75 Å². The van der Waals surface area contributed by atoms with Crippen LogP contribution in [-0.2, 0) is 20.2 Å². The van der Waals surface area contributed by atoms with Gasteiger partial charge in [-0.1, -0.05) is 0 Å². The average Bonchev–Trinajstić information content (AvgIpc) is 3.14. The number of alkyl halides is 2. The van der Waals surface area contributed by atoms with Crippen LogP contribution in [0.2, 0.25) is 0 Å². The molecule has 1 saturated heterocycles. The van der Waals surface area contributed by atoms with Gasteiger partial charge in [0.05, 0.1) is 48.2 Å². The van der Waals surface area contributed by atoms with E-state index in [4.69, 9.17) is 14.2 Å². The molecule has 1 aromatic carbocycles. The van der Waals surface area contributed by atoms with E-state index < -0.39 is 16.7 Å². The number of halogens is 3. The molecule has 176 valence electrons. The summed E-state index contributed by atoms with van der Waals surface area (Å²) in [5.41, 5.74) is 0.208.